The molecule has 0 saturated heterocycles. The number of hydrogen-bond acceptors (Lipinski definition) is 0. The van der Waals surface area contributed by atoms with Crippen LogP contribution in [-0.2, 0) is 17.4 Å². The molecule has 4 heteroatoms. The summed E-state index contributed by atoms with van der Waals surface area (Å²) in [5.74, 6) is 0. The molecule has 0 atom stereocenters. The number of halogens is 3. The number of rotatable bonds is 3. The van der Waals surface area contributed by atoms with Crippen molar-refractivity contribution in [3.63, 3.8) is 0 Å². The van der Waals surface area contributed by atoms with Crippen LogP contribution in [0.4, 0.5) is 0 Å². The predicted octanol–water partition coefficient (Wildman–Crippen LogP) is -5.66. The monoisotopic (exact) mass is 291 g/mol. The minimum absolute atomic E-state index is 0. The molecule has 0 radical (unpaired) electrons. The van der Waals surface area contributed by atoms with Crippen LogP contribution in [0.1, 0.15) is 39.5 Å². The van der Waals surface area contributed by atoms with E-state index in [1.165, 1.54) is 35.5 Å². The summed E-state index contributed by atoms with van der Waals surface area (Å²) in [7, 11) is 0. The number of hydrogen-bond donors (Lipinski definition) is 0. The van der Waals surface area contributed by atoms with E-state index in [0.717, 1.165) is 0 Å². The Labute approximate surface area is 115 Å². The van der Waals surface area contributed by atoms with Crippen LogP contribution < -0.4 is 37.2 Å². The second-order valence-corrected chi connectivity index (χ2v) is 3.86. The fourth-order valence-electron chi connectivity index (χ4n) is 1.33. The zero-order valence-corrected chi connectivity index (χ0v) is 12.2. The molecule has 0 fully saturated rings. The van der Waals surface area contributed by atoms with Crippen LogP contribution >= 0.6 is 0 Å². The molecular weight excluding hydrogens is 277 g/mol. The van der Waals surface area contributed by atoms with Crippen molar-refractivity contribution in [1.29, 1.82) is 0 Å². The Morgan fingerprint density at radius 2 is 1.86 bits per heavy atom. The van der Waals surface area contributed by atoms with E-state index < -0.39 is 0 Å². The maximum atomic E-state index is 2.71. The van der Waals surface area contributed by atoms with Crippen molar-refractivity contribution in [3.05, 3.63) is 21.5 Å². The van der Waals surface area contributed by atoms with E-state index in [2.05, 4.69) is 37.3 Å². The molecule has 0 spiro atoms. The maximum absolute atomic E-state index is 2.71. The van der Waals surface area contributed by atoms with E-state index in [1.54, 1.807) is 5.57 Å². The molecule has 1 rings (SSSR count). The summed E-state index contributed by atoms with van der Waals surface area (Å²) in [6.45, 7) is 4.47. The maximum Gasteiger partial charge on any atom is -1.00 e. The summed E-state index contributed by atoms with van der Waals surface area (Å²) in [5.41, 5.74) is 3.11. The van der Waals surface area contributed by atoms with Crippen molar-refractivity contribution in [2.45, 2.75) is 39.5 Å². The second kappa shape index (κ2) is 10.5. The van der Waals surface area contributed by atoms with Gasteiger partial charge in [0.25, 0.3) is 0 Å². The fourth-order valence-corrected chi connectivity index (χ4v) is 1.79. The average Bonchev–Trinajstić information content (AvgIpc) is 2.31. The molecule has 1 aliphatic rings. The third-order valence-electron chi connectivity index (χ3n) is 2.16. The molecule has 0 aliphatic heterocycles. The summed E-state index contributed by atoms with van der Waals surface area (Å²) in [6.07, 6.45) is 7.47. The van der Waals surface area contributed by atoms with E-state index in [-0.39, 0.29) is 37.2 Å². The molecule has 0 saturated carbocycles. The Morgan fingerprint density at radius 3 is 2.21 bits per heavy atom. The van der Waals surface area contributed by atoms with Gasteiger partial charge in [-0.05, 0) is 0 Å². The summed E-state index contributed by atoms with van der Waals surface area (Å²) in [4.78, 5) is 0. The Hall–Kier alpha value is 0.934. The molecular formula is C10H15Cl3V. The van der Waals surface area contributed by atoms with Crippen LogP contribution in [0.15, 0.2) is 21.5 Å². The molecule has 0 heterocycles. The largest absolute Gasteiger partial charge is 1.00 e. The van der Waals surface area contributed by atoms with Gasteiger partial charge in [-0.15, -0.1) is 0 Å². The van der Waals surface area contributed by atoms with Crippen molar-refractivity contribution in [1.82, 2.24) is 0 Å². The third-order valence-corrected chi connectivity index (χ3v) is 3.21. The Bertz CT molecular complexity index is 209. The Kier molecular flexibility index (Phi) is 15.2. The average molecular weight is 293 g/mol. The molecule has 1 aliphatic carbocycles. The molecule has 0 aromatic heterocycles. The second-order valence-electron chi connectivity index (χ2n) is 3.17. The Morgan fingerprint density at radius 1 is 1.29 bits per heavy atom. The first-order valence-corrected chi connectivity index (χ1v) is 5.03. The van der Waals surface area contributed by atoms with Crippen molar-refractivity contribution in [2.75, 3.05) is 0 Å². The number of allylic oxidation sites excluding steroid dienone is 4. The van der Waals surface area contributed by atoms with E-state index in [1.807, 2.05) is 0 Å². The smallest absolute Gasteiger partial charge is 1.00 e. The molecule has 0 aromatic carbocycles. The van der Waals surface area contributed by atoms with Crippen LogP contribution in [0.3, 0.4) is 0 Å². The van der Waals surface area contributed by atoms with Gasteiger partial charge >= 0.3 is 78.5 Å². The van der Waals surface area contributed by atoms with Crippen LogP contribution in [-0.4, -0.2) is 0 Å². The zero-order chi connectivity index (χ0) is 8.27. The van der Waals surface area contributed by atoms with Gasteiger partial charge in [0, 0.05) is 0 Å². The van der Waals surface area contributed by atoms with Gasteiger partial charge in [0.1, 0.15) is 0 Å². The van der Waals surface area contributed by atoms with Crippen LogP contribution in [0.2, 0.25) is 0 Å². The van der Waals surface area contributed by atoms with Gasteiger partial charge in [-0.25, -0.2) is 0 Å². The van der Waals surface area contributed by atoms with E-state index in [0.29, 0.717) is 0 Å². The van der Waals surface area contributed by atoms with Crippen molar-refractivity contribution in [2.24, 2.45) is 0 Å². The molecule has 81 valence electrons. The predicted molar refractivity (Wildman–Crippen MR) is 44.9 cm³/mol. The molecule has 0 aromatic rings. The molecule has 0 N–H and O–H groups in total. The fraction of sp³-hybridized carbons (Fsp3) is 0.600. The van der Waals surface area contributed by atoms with Crippen molar-refractivity contribution in [3.8, 4) is 0 Å². The molecule has 0 bridgehead atoms. The summed E-state index contributed by atoms with van der Waals surface area (Å²) >= 11 is 2.71. The molecule has 14 heavy (non-hydrogen) atoms. The van der Waals surface area contributed by atoms with Gasteiger partial charge in [0.15, 0.2) is 0 Å². The first kappa shape index (κ1) is 20.4. The molecule has 0 unspecified atom stereocenters. The van der Waals surface area contributed by atoms with Gasteiger partial charge in [0.05, 0.1) is 0 Å². The summed E-state index contributed by atoms with van der Waals surface area (Å²) < 4.78 is 1.49. The van der Waals surface area contributed by atoms with Crippen molar-refractivity contribution >= 4 is 0 Å². The van der Waals surface area contributed by atoms with Crippen LogP contribution in [0.25, 0.3) is 0 Å². The standard InChI is InChI=1S/C10H15.3ClH.V/c1-3-4-5-10-7-6-9(2)8-10;;;;/h7H,3-6H2,1-2H3;3*1H;/q;;;;+3/p-3. The van der Waals surface area contributed by atoms with E-state index >= 15 is 0 Å². The molecule has 0 nitrogen and oxygen atoms in total. The number of unbranched alkanes of at least 4 members (excludes halogenated alkanes) is 1. The van der Waals surface area contributed by atoms with Gasteiger partial charge < -0.3 is 37.2 Å². The van der Waals surface area contributed by atoms with Gasteiger partial charge in [-0.2, -0.15) is 0 Å². The minimum atomic E-state index is 0. The summed E-state index contributed by atoms with van der Waals surface area (Å²) in [6, 6.07) is 0. The third kappa shape index (κ3) is 5.73. The summed E-state index contributed by atoms with van der Waals surface area (Å²) in [5, 5.41) is 0. The normalized spacial score (nSPS) is 13.9. The van der Waals surface area contributed by atoms with Crippen LogP contribution in [0.5, 0.6) is 0 Å². The Balaban J connectivity index is -0.000000403. The first-order chi connectivity index (χ1) is 5.25. The van der Waals surface area contributed by atoms with Crippen molar-refractivity contribution < 1.29 is 54.6 Å². The molecule has 0 amide bonds. The van der Waals surface area contributed by atoms with Gasteiger partial charge in [-0.3, -0.25) is 0 Å². The topological polar surface area (TPSA) is 0 Å². The van der Waals surface area contributed by atoms with Gasteiger partial charge in [-0.1, -0.05) is 0 Å². The quantitative estimate of drug-likeness (QED) is 0.487. The SMILES string of the molecule is CCCCC1=CCC(C)=[C]1[V+3].[Cl-].[Cl-].[Cl-]. The van der Waals surface area contributed by atoms with Gasteiger partial charge in [0.2, 0.25) is 0 Å². The van der Waals surface area contributed by atoms with E-state index in [9.17, 15) is 0 Å². The zero-order valence-electron chi connectivity index (χ0n) is 8.49. The first-order valence-electron chi connectivity index (χ1n) is 4.33. The van der Waals surface area contributed by atoms with E-state index in [4.69, 9.17) is 0 Å². The van der Waals surface area contributed by atoms with Crippen LogP contribution in [0, 0.1) is 0 Å². The minimum Gasteiger partial charge on any atom is -1.00 e.